The molecule has 0 spiro atoms. The molecule has 0 aromatic rings. The van der Waals surface area contributed by atoms with E-state index < -0.39 is 5.60 Å². The Kier molecular flexibility index (Phi) is 11.0. The monoisotopic (exact) mass is 341 g/mol. The second kappa shape index (κ2) is 11.5. The average Bonchev–Trinajstić information content (AvgIpc) is 2.48. The number of hydrogen-bond donors (Lipinski definition) is 0. The summed E-state index contributed by atoms with van der Waals surface area (Å²) in [6, 6.07) is 0.255. The fourth-order valence-electron chi connectivity index (χ4n) is 2.37. The van der Waals surface area contributed by atoms with E-state index in [9.17, 15) is 4.79 Å². The lowest BCUT2D eigenvalue weighted by Gasteiger charge is -2.41. The summed E-state index contributed by atoms with van der Waals surface area (Å²) in [4.78, 5) is 13.7. The van der Waals surface area contributed by atoms with Gasteiger partial charge in [-0.1, -0.05) is 25.5 Å². The topological polar surface area (TPSA) is 38.8 Å². The molecule has 0 N–H and O–H groups in total. The number of carbonyl (C=O) groups excluding carboxylic acids is 1. The molecule has 0 heterocycles. The summed E-state index contributed by atoms with van der Waals surface area (Å²) in [5.74, 6) is 0. The second-order valence-corrected chi connectivity index (χ2v) is 7.30. The van der Waals surface area contributed by atoms with Crippen LogP contribution in [-0.4, -0.2) is 42.4 Å². The first-order valence-electron chi connectivity index (χ1n) is 9.42. The summed E-state index contributed by atoms with van der Waals surface area (Å²) in [6.07, 6.45) is 7.53. The molecule has 0 unspecified atom stereocenters. The second-order valence-electron chi connectivity index (χ2n) is 7.30. The van der Waals surface area contributed by atoms with Crippen LogP contribution in [0.25, 0.3) is 0 Å². The van der Waals surface area contributed by atoms with Crippen molar-refractivity contribution in [2.75, 3.05) is 13.7 Å². The standard InChI is InChI=1S/C18H33NO3.C2H6/c1-7-14(2)10-8-9-11-21-16-12-15(13-16)19(6)17(20)22-18(3,4)5;1-2/h7,15-16H,8-13H2,1-6H3;1-2H3/b14-7+;. The third-order valence-electron chi connectivity index (χ3n) is 4.11. The van der Waals surface area contributed by atoms with Gasteiger partial charge in [0.05, 0.1) is 6.10 Å². The maximum Gasteiger partial charge on any atom is 0.410 e. The first-order valence-corrected chi connectivity index (χ1v) is 9.42. The van der Waals surface area contributed by atoms with Crippen LogP contribution in [0.15, 0.2) is 11.6 Å². The first kappa shape index (κ1) is 23.0. The molecule has 1 amide bonds. The third-order valence-corrected chi connectivity index (χ3v) is 4.11. The maximum atomic E-state index is 11.9. The fourth-order valence-corrected chi connectivity index (χ4v) is 2.37. The van der Waals surface area contributed by atoms with E-state index in [-0.39, 0.29) is 12.1 Å². The van der Waals surface area contributed by atoms with Crippen molar-refractivity contribution in [3.05, 3.63) is 11.6 Å². The van der Waals surface area contributed by atoms with Gasteiger partial charge < -0.3 is 14.4 Å². The predicted octanol–water partition coefficient (Wildman–Crippen LogP) is 5.56. The van der Waals surface area contributed by atoms with Gasteiger partial charge in [-0.2, -0.15) is 0 Å². The molecule has 1 saturated carbocycles. The SMILES string of the molecule is C/C=C(\C)CCCCOC1CC(N(C)C(=O)OC(C)(C)C)C1.CC. The number of rotatable bonds is 7. The highest BCUT2D eigenvalue weighted by Crippen LogP contribution is 2.28. The Bertz CT molecular complexity index is 379. The molecular weight excluding hydrogens is 302 g/mol. The molecule has 4 heteroatoms. The van der Waals surface area contributed by atoms with E-state index in [1.54, 1.807) is 4.90 Å². The summed E-state index contributed by atoms with van der Waals surface area (Å²) in [7, 11) is 1.81. The zero-order valence-electron chi connectivity index (χ0n) is 17.1. The molecule has 0 atom stereocenters. The van der Waals surface area contributed by atoms with Gasteiger partial charge in [-0.05, 0) is 66.7 Å². The Hall–Kier alpha value is -1.03. The van der Waals surface area contributed by atoms with Gasteiger partial charge in [0.1, 0.15) is 5.60 Å². The number of nitrogens with zero attached hydrogens (tertiary/aromatic N) is 1. The van der Waals surface area contributed by atoms with Crippen molar-refractivity contribution in [1.29, 1.82) is 0 Å². The predicted molar refractivity (Wildman–Crippen MR) is 101 cm³/mol. The molecule has 1 aliphatic rings. The number of unbranched alkanes of at least 4 members (excludes halogenated alkanes) is 1. The van der Waals surface area contributed by atoms with Crippen LogP contribution in [0.4, 0.5) is 4.79 Å². The molecular formula is C20H39NO3. The highest BCUT2D eigenvalue weighted by atomic mass is 16.6. The number of ether oxygens (including phenoxy) is 2. The van der Waals surface area contributed by atoms with Gasteiger partial charge in [-0.15, -0.1) is 0 Å². The molecule has 1 rings (SSSR count). The molecule has 0 saturated heterocycles. The smallest absolute Gasteiger partial charge is 0.410 e. The van der Waals surface area contributed by atoms with Crippen molar-refractivity contribution in [3.8, 4) is 0 Å². The van der Waals surface area contributed by atoms with Gasteiger partial charge >= 0.3 is 6.09 Å². The normalized spacial score (nSPS) is 20.6. The third kappa shape index (κ3) is 9.31. The summed E-state index contributed by atoms with van der Waals surface area (Å²) in [5, 5.41) is 0. The highest BCUT2D eigenvalue weighted by molar-refractivity contribution is 5.68. The Balaban J connectivity index is 0.00000254. The van der Waals surface area contributed by atoms with Crippen LogP contribution in [0.3, 0.4) is 0 Å². The van der Waals surface area contributed by atoms with Gasteiger partial charge in [-0.25, -0.2) is 4.79 Å². The van der Waals surface area contributed by atoms with E-state index >= 15 is 0 Å². The van der Waals surface area contributed by atoms with E-state index in [4.69, 9.17) is 9.47 Å². The van der Waals surface area contributed by atoms with Crippen molar-refractivity contribution in [2.24, 2.45) is 0 Å². The summed E-state index contributed by atoms with van der Waals surface area (Å²) >= 11 is 0. The lowest BCUT2D eigenvalue weighted by molar-refractivity contribution is -0.0517. The number of hydrogen-bond acceptors (Lipinski definition) is 3. The van der Waals surface area contributed by atoms with E-state index in [0.29, 0.717) is 6.10 Å². The van der Waals surface area contributed by atoms with E-state index in [1.807, 2.05) is 41.7 Å². The molecule has 142 valence electrons. The zero-order valence-corrected chi connectivity index (χ0v) is 17.1. The highest BCUT2D eigenvalue weighted by Gasteiger charge is 2.36. The fraction of sp³-hybridized carbons (Fsp3) is 0.850. The van der Waals surface area contributed by atoms with E-state index in [1.165, 1.54) is 12.0 Å². The van der Waals surface area contributed by atoms with Crippen molar-refractivity contribution < 1.29 is 14.3 Å². The molecule has 1 fully saturated rings. The van der Waals surface area contributed by atoms with Gasteiger partial charge in [0.2, 0.25) is 0 Å². The van der Waals surface area contributed by atoms with Gasteiger partial charge in [0, 0.05) is 19.7 Å². The molecule has 0 aromatic heterocycles. The van der Waals surface area contributed by atoms with Crippen LogP contribution >= 0.6 is 0 Å². The van der Waals surface area contributed by atoms with E-state index in [0.717, 1.165) is 32.3 Å². The van der Waals surface area contributed by atoms with Gasteiger partial charge in [0.15, 0.2) is 0 Å². The average molecular weight is 342 g/mol. The minimum Gasteiger partial charge on any atom is -0.444 e. The van der Waals surface area contributed by atoms with Crippen molar-refractivity contribution in [2.45, 2.75) is 98.3 Å². The van der Waals surface area contributed by atoms with Gasteiger partial charge in [-0.3, -0.25) is 0 Å². The van der Waals surface area contributed by atoms with Gasteiger partial charge in [0.25, 0.3) is 0 Å². The maximum absolute atomic E-state index is 11.9. The Morgan fingerprint density at radius 2 is 1.79 bits per heavy atom. The van der Waals surface area contributed by atoms with Crippen LogP contribution in [0.1, 0.15) is 80.6 Å². The summed E-state index contributed by atoms with van der Waals surface area (Å²) in [6.45, 7) is 14.7. The number of carbonyl (C=O) groups is 1. The van der Waals surface area contributed by atoms with E-state index in [2.05, 4.69) is 19.9 Å². The Morgan fingerprint density at radius 3 is 2.29 bits per heavy atom. The quantitative estimate of drug-likeness (QED) is 0.449. The van der Waals surface area contributed by atoms with Crippen LogP contribution in [-0.2, 0) is 9.47 Å². The van der Waals surface area contributed by atoms with Crippen LogP contribution < -0.4 is 0 Å². The lowest BCUT2D eigenvalue weighted by atomic mass is 9.88. The zero-order chi connectivity index (χ0) is 18.8. The number of amides is 1. The largest absolute Gasteiger partial charge is 0.444 e. The van der Waals surface area contributed by atoms with Crippen molar-refractivity contribution >= 4 is 6.09 Å². The van der Waals surface area contributed by atoms with Crippen LogP contribution in [0.5, 0.6) is 0 Å². The molecule has 0 radical (unpaired) electrons. The minimum atomic E-state index is -0.434. The summed E-state index contributed by atoms with van der Waals surface area (Å²) < 4.78 is 11.2. The molecule has 4 nitrogen and oxygen atoms in total. The van der Waals surface area contributed by atoms with Crippen molar-refractivity contribution in [1.82, 2.24) is 4.90 Å². The molecule has 0 aromatic carbocycles. The Morgan fingerprint density at radius 1 is 1.21 bits per heavy atom. The number of allylic oxidation sites excluding steroid dienone is 2. The van der Waals surface area contributed by atoms with Crippen LogP contribution in [0, 0.1) is 0 Å². The molecule has 0 aliphatic heterocycles. The minimum absolute atomic E-state index is 0.238. The molecule has 0 bridgehead atoms. The van der Waals surface area contributed by atoms with Crippen molar-refractivity contribution in [3.63, 3.8) is 0 Å². The Labute approximate surface area is 149 Å². The summed E-state index contributed by atoms with van der Waals surface area (Å²) in [5.41, 5.74) is 1.01. The first-order chi connectivity index (χ1) is 11.2. The van der Waals surface area contributed by atoms with Crippen LogP contribution in [0.2, 0.25) is 0 Å². The molecule has 1 aliphatic carbocycles. The lowest BCUT2D eigenvalue weighted by Crippen LogP contribution is -2.50. The molecule has 24 heavy (non-hydrogen) atoms.